The van der Waals surface area contributed by atoms with Gasteiger partial charge in [0.2, 0.25) is 10.0 Å². The van der Waals surface area contributed by atoms with E-state index in [4.69, 9.17) is 4.42 Å². The van der Waals surface area contributed by atoms with E-state index < -0.39 is 10.0 Å². The van der Waals surface area contributed by atoms with Gasteiger partial charge in [0.25, 0.3) is 0 Å². The Bertz CT molecular complexity index is 993. The molecule has 0 aliphatic heterocycles. The molecule has 0 saturated heterocycles. The van der Waals surface area contributed by atoms with Gasteiger partial charge in [-0.25, -0.2) is 8.42 Å². The molecule has 2 heterocycles. The maximum atomic E-state index is 12.9. The van der Waals surface area contributed by atoms with Crippen LogP contribution in [0, 0.1) is 5.92 Å². The minimum atomic E-state index is -3.66. The monoisotopic (exact) mass is 363 g/mol. The lowest BCUT2D eigenvalue weighted by molar-refractivity contribution is 0.390. The van der Waals surface area contributed by atoms with E-state index in [-0.39, 0.29) is 11.4 Å². The van der Waals surface area contributed by atoms with E-state index in [0.29, 0.717) is 28.6 Å². The number of hydrogen-bond donors (Lipinski definition) is 0. The summed E-state index contributed by atoms with van der Waals surface area (Å²) < 4.78 is 41.1. The Kier molecular flexibility index (Phi) is 3.70. The number of fused-ring (bicyclic) bond motifs is 1. The van der Waals surface area contributed by atoms with Crippen LogP contribution in [-0.2, 0) is 16.6 Å². The summed E-state index contributed by atoms with van der Waals surface area (Å²) in [4.78, 5) is 0.179. The number of furan rings is 1. The minimum absolute atomic E-state index is 0.179. The zero-order valence-electron chi connectivity index (χ0n) is 13.3. The molecule has 2 unspecified atom stereocenters. The maximum absolute atomic E-state index is 12.9. The quantitative estimate of drug-likeness (QED) is 0.695. The van der Waals surface area contributed by atoms with Crippen LogP contribution in [0.1, 0.15) is 30.8 Å². The van der Waals surface area contributed by atoms with E-state index in [0.717, 1.165) is 23.9 Å². The van der Waals surface area contributed by atoms with Crippen LogP contribution in [0.4, 0.5) is 0 Å². The predicted octanol–water partition coefficient (Wildman–Crippen LogP) is 3.23. The molecular formula is C16H17N3O3S2. The molecular weight excluding hydrogens is 346 g/mol. The summed E-state index contributed by atoms with van der Waals surface area (Å²) in [5, 5.41) is 0. The van der Waals surface area contributed by atoms with Gasteiger partial charge in [0.1, 0.15) is 27.4 Å². The van der Waals surface area contributed by atoms with Gasteiger partial charge in [0.05, 0.1) is 18.3 Å². The first-order valence-corrected chi connectivity index (χ1v) is 9.90. The molecule has 24 heavy (non-hydrogen) atoms. The van der Waals surface area contributed by atoms with Crippen molar-refractivity contribution in [3.63, 3.8) is 0 Å². The summed E-state index contributed by atoms with van der Waals surface area (Å²) in [7, 11) is -2.11. The molecule has 8 heteroatoms. The zero-order chi connectivity index (χ0) is 16.9. The fraction of sp³-hybridized carbons (Fsp3) is 0.375. The molecule has 126 valence electrons. The van der Waals surface area contributed by atoms with Crippen molar-refractivity contribution in [2.45, 2.75) is 30.7 Å². The number of rotatable bonds is 5. The van der Waals surface area contributed by atoms with E-state index in [1.54, 1.807) is 25.2 Å². The third-order valence-electron chi connectivity index (χ3n) is 4.47. The van der Waals surface area contributed by atoms with Crippen molar-refractivity contribution in [3.8, 4) is 0 Å². The van der Waals surface area contributed by atoms with Gasteiger partial charge < -0.3 is 4.42 Å². The average molecular weight is 363 g/mol. The molecule has 1 aromatic carbocycles. The molecule has 1 aliphatic carbocycles. The van der Waals surface area contributed by atoms with Gasteiger partial charge in [-0.05, 0) is 36.6 Å². The van der Waals surface area contributed by atoms with Crippen LogP contribution < -0.4 is 0 Å². The molecule has 1 aliphatic rings. The first-order valence-electron chi connectivity index (χ1n) is 7.73. The van der Waals surface area contributed by atoms with Gasteiger partial charge in [-0.1, -0.05) is 13.0 Å². The first-order chi connectivity index (χ1) is 11.5. The second-order valence-corrected chi connectivity index (χ2v) is 8.81. The smallest absolute Gasteiger partial charge is 0.245 e. The number of sulfonamides is 1. The summed E-state index contributed by atoms with van der Waals surface area (Å²) in [6.45, 7) is 2.38. The fourth-order valence-corrected chi connectivity index (χ4v) is 4.74. The first kappa shape index (κ1) is 15.7. The molecule has 0 spiro atoms. The largest absolute Gasteiger partial charge is 0.464 e. The lowest BCUT2D eigenvalue weighted by Gasteiger charge is -2.16. The summed E-state index contributed by atoms with van der Waals surface area (Å²) in [5.41, 5.74) is 1.01. The van der Waals surface area contributed by atoms with Crippen molar-refractivity contribution in [1.82, 2.24) is 13.1 Å². The van der Waals surface area contributed by atoms with Gasteiger partial charge in [-0.3, -0.25) is 0 Å². The molecule has 0 N–H and O–H groups in total. The van der Waals surface area contributed by atoms with E-state index >= 15 is 0 Å². The molecule has 2 atom stereocenters. The zero-order valence-corrected chi connectivity index (χ0v) is 15.0. The van der Waals surface area contributed by atoms with E-state index in [1.165, 1.54) is 4.31 Å². The van der Waals surface area contributed by atoms with Crippen LogP contribution >= 0.6 is 11.7 Å². The van der Waals surface area contributed by atoms with Gasteiger partial charge in [-0.2, -0.15) is 13.1 Å². The summed E-state index contributed by atoms with van der Waals surface area (Å²) >= 11 is 1.01. The predicted molar refractivity (Wildman–Crippen MR) is 91.3 cm³/mol. The Labute approximate surface area is 144 Å². The molecule has 0 radical (unpaired) electrons. The maximum Gasteiger partial charge on any atom is 0.245 e. The van der Waals surface area contributed by atoms with E-state index in [1.807, 2.05) is 12.1 Å². The van der Waals surface area contributed by atoms with E-state index in [2.05, 4.69) is 15.7 Å². The van der Waals surface area contributed by atoms with Crippen molar-refractivity contribution in [2.24, 2.45) is 5.92 Å². The Balaban J connectivity index is 1.60. The second kappa shape index (κ2) is 5.65. The van der Waals surface area contributed by atoms with Gasteiger partial charge in [-0.15, -0.1) is 0 Å². The van der Waals surface area contributed by atoms with Crippen molar-refractivity contribution < 1.29 is 12.8 Å². The van der Waals surface area contributed by atoms with Crippen molar-refractivity contribution in [1.29, 1.82) is 0 Å². The SMILES string of the molecule is CC1CC1c1ccc(CN(C)S(=O)(=O)c2cccc3nsnc23)o1. The highest BCUT2D eigenvalue weighted by atomic mass is 32.2. The highest BCUT2D eigenvalue weighted by Crippen LogP contribution is 2.47. The Hall–Kier alpha value is -1.77. The molecule has 1 saturated carbocycles. The Morgan fingerprint density at radius 3 is 2.83 bits per heavy atom. The highest BCUT2D eigenvalue weighted by Gasteiger charge is 2.36. The Morgan fingerprint density at radius 1 is 1.29 bits per heavy atom. The van der Waals surface area contributed by atoms with Gasteiger partial charge in [0, 0.05) is 13.0 Å². The molecule has 0 amide bonds. The number of benzene rings is 1. The summed E-state index contributed by atoms with van der Waals surface area (Å²) in [5.74, 6) is 2.74. The van der Waals surface area contributed by atoms with Gasteiger partial charge >= 0.3 is 0 Å². The molecule has 0 bridgehead atoms. The number of aromatic nitrogens is 2. The van der Waals surface area contributed by atoms with Crippen LogP contribution in [0.2, 0.25) is 0 Å². The normalized spacial score (nSPS) is 20.8. The second-order valence-electron chi connectivity index (χ2n) is 6.27. The Morgan fingerprint density at radius 2 is 2.08 bits per heavy atom. The summed E-state index contributed by atoms with van der Waals surface area (Å²) in [6, 6.07) is 8.82. The molecule has 1 fully saturated rings. The van der Waals surface area contributed by atoms with Crippen LogP contribution in [0.5, 0.6) is 0 Å². The lowest BCUT2D eigenvalue weighted by atomic mass is 10.3. The molecule has 4 rings (SSSR count). The van der Waals surface area contributed by atoms with Crippen LogP contribution in [0.3, 0.4) is 0 Å². The molecule has 6 nitrogen and oxygen atoms in total. The van der Waals surface area contributed by atoms with Crippen molar-refractivity contribution in [2.75, 3.05) is 7.05 Å². The lowest BCUT2D eigenvalue weighted by Crippen LogP contribution is -2.26. The van der Waals surface area contributed by atoms with Crippen LogP contribution in [0.15, 0.2) is 39.6 Å². The third-order valence-corrected chi connectivity index (χ3v) is 6.85. The number of nitrogens with zero attached hydrogens (tertiary/aromatic N) is 3. The molecule has 3 aromatic rings. The minimum Gasteiger partial charge on any atom is -0.464 e. The topological polar surface area (TPSA) is 76.3 Å². The average Bonchev–Trinajstić information content (AvgIpc) is 2.96. The van der Waals surface area contributed by atoms with Crippen molar-refractivity contribution >= 4 is 32.8 Å². The highest BCUT2D eigenvalue weighted by molar-refractivity contribution is 7.89. The summed E-state index contributed by atoms with van der Waals surface area (Å²) in [6.07, 6.45) is 1.14. The number of hydrogen-bond acceptors (Lipinski definition) is 6. The van der Waals surface area contributed by atoms with Crippen LogP contribution in [0.25, 0.3) is 11.0 Å². The molecule has 2 aromatic heterocycles. The fourth-order valence-electron chi connectivity index (χ4n) is 2.86. The van der Waals surface area contributed by atoms with E-state index in [9.17, 15) is 8.42 Å². The van der Waals surface area contributed by atoms with Crippen molar-refractivity contribution in [3.05, 3.63) is 41.9 Å². The standard InChI is InChI=1S/C16H17N3O3S2/c1-10-8-12(10)14-7-6-11(22-14)9-19(2)24(20,21)15-5-3-4-13-16(15)18-23-17-13/h3-7,10,12H,8-9H2,1-2H3. The third kappa shape index (κ3) is 2.64. The van der Waals surface area contributed by atoms with Gasteiger partial charge in [0.15, 0.2) is 0 Å². The van der Waals surface area contributed by atoms with Crippen LogP contribution in [-0.4, -0.2) is 28.5 Å².